The highest BCUT2D eigenvalue weighted by Crippen LogP contribution is 2.45. The highest BCUT2D eigenvalue weighted by molar-refractivity contribution is 5.69. The van der Waals surface area contributed by atoms with Crippen LogP contribution < -0.4 is 5.32 Å². The first-order chi connectivity index (χ1) is 11.1. The van der Waals surface area contributed by atoms with Gasteiger partial charge in [0.2, 0.25) is 0 Å². The number of carbonyl (C=O) groups is 1. The minimum absolute atomic E-state index is 0.0382. The van der Waals surface area contributed by atoms with E-state index in [9.17, 15) is 14.9 Å². The van der Waals surface area contributed by atoms with Crippen LogP contribution in [-0.4, -0.2) is 11.0 Å². The van der Waals surface area contributed by atoms with Crippen molar-refractivity contribution in [3.8, 4) is 0 Å². The quantitative estimate of drug-likeness (QED) is 0.676. The van der Waals surface area contributed by atoms with Gasteiger partial charge in [0.25, 0.3) is 5.69 Å². The number of alkyl carbamates (subject to hydrolysis) is 1. The molecule has 0 saturated heterocycles. The van der Waals surface area contributed by atoms with E-state index in [1.807, 2.05) is 30.3 Å². The normalized spacial score (nSPS) is 14.8. The fraction of sp³-hybridized carbons (Fsp3) is 0.235. The molecule has 0 atom stereocenters. The van der Waals surface area contributed by atoms with Crippen molar-refractivity contribution >= 4 is 11.8 Å². The lowest BCUT2D eigenvalue weighted by Gasteiger charge is -2.17. The summed E-state index contributed by atoms with van der Waals surface area (Å²) in [5, 5.41) is 13.6. The van der Waals surface area contributed by atoms with Gasteiger partial charge in [-0.15, -0.1) is 0 Å². The first kappa shape index (κ1) is 15.0. The number of nitrogens with zero attached hydrogens (tertiary/aromatic N) is 1. The van der Waals surface area contributed by atoms with Gasteiger partial charge in [0.15, 0.2) is 0 Å². The van der Waals surface area contributed by atoms with Gasteiger partial charge < -0.3 is 10.1 Å². The molecule has 0 heterocycles. The monoisotopic (exact) mass is 312 g/mol. The molecular formula is C17H16N2O4. The number of nitro benzene ring substituents is 1. The summed E-state index contributed by atoms with van der Waals surface area (Å²) in [6.07, 6.45) is 1.11. The Morgan fingerprint density at radius 3 is 2.35 bits per heavy atom. The fourth-order valence-electron chi connectivity index (χ4n) is 2.47. The van der Waals surface area contributed by atoms with Crippen LogP contribution >= 0.6 is 0 Å². The van der Waals surface area contributed by atoms with Crippen LogP contribution in [0.1, 0.15) is 24.0 Å². The molecule has 1 aliphatic rings. The van der Waals surface area contributed by atoms with Gasteiger partial charge >= 0.3 is 6.09 Å². The van der Waals surface area contributed by atoms with Gasteiger partial charge in [-0.3, -0.25) is 10.1 Å². The molecule has 1 N–H and O–H groups in total. The molecule has 1 fully saturated rings. The Kier molecular flexibility index (Phi) is 3.97. The molecule has 0 unspecified atom stereocenters. The van der Waals surface area contributed by atoms with Crippen LogP contribution in [0.5, 0.6) is 0 Å². The Hall–Kier alpha value is -2.89. The van der Waals surface area contributed by atoms with Gasteiger partial charge in [0.05, 0.1) is 10.5 Å². The third kappa shape index (κ3) is 3.48. The summed E-state index contributed by atoms with van der Waals surface area (Å²) in [6.45, 7) is 0.211. The van der Waals surface area contributed by atoms with Gasteiger partial charge in [0, 0.05) is 12.1 Å². The lowest BCUT2D eigenvalue weighted by atomic mass is 10.0. The van der Waals surface area contributed by atoms with Crippen molar-refractivity contribution < 1.29 is 14.5 Å². The molecule has 3 rings (SSSR count). The van der Waals surface area contributed by atoms with Crippen molar-refractivity contribution in [2.75, 3.05) is 0 Å². The molecule has 6 nitrogen and oxygen atoms in total. The number of nitro groups is 1. The van der Waals surface area contributed by atoms with Crippen molar-refractivity contribution in [2.45, 2.75) is 25.0 Å². The van der Waals surface area contributed by atoms with E-state index in [4.69, 9.17) is 4.74 Å². The summed E-state index contributed by atoms with van der Waals surface area (Å²) in [5.74, 6) is 0. The molecule has 118 valence electrons. The molecule has 0 spiro atoms. The van der Waals surface area contributed by atoms with E-state index in [2.05, 4.69) is 5.32 Å². The maximum Gasteiger partial charge on any atom is 0.408 e. The zero-order valence-corrected chi connectivity index (χ0v) is 12.4. The molecule has 1 amide bonds. The minimum Gasteiger partial charge on any atom is -0.445 e. The van der Waals surface area contributed by atoms with Crippen molar-refractivity contribution in [2.24, 2.45) is 0 Å². The maximum absolute atomic E-state index is 12.0. The van der Waals surface area contributed by atoms with Crippen molar-refractivity contribution in [1.82, 2.24) is 5.32 Å². The first-order valence-electron chi connectivity index (χ1n) is 7.33. The second kappa shape index (κ2) is 6.08. The van der Waals surface area contributed by atoms with Crippen molar-refractivity contribution in [1.29, 1.82) is 0 Å². The number of non-ortho nitro benzene ring substituents is 1. The molecule has 2 aromatic rings. The molecule has 2 aromatic carbocycles. The average molecular weight is 312 g/mol. The summed E-state index contributed by atoms with van der Waals surface area (Å²) in [7, 11) is 0. The van der Waals surface area contributed by atoms with E-state index in [0.717, 1.165) is 24.0 Å². The van der Waals surface area contributed by atoms with E-state index in [0.29, 0.717) is 0 Å². The number of rotatable bonds is 5. The molecule has 6 heteroatoms. The molecule has 0 aliphatic heterocycles. The summed E-state index contributed by atoms with van der Waals surface area (Å²) in [4.78, 5) is 22.2. The van der Waals surface area contributed by atoms with Crippen LogP contribution in [0.15, 0.2) is 54.6 Å². The number of nitrogens with one attached hydrogen (secondary N) is 1. The molecule has 23 heavy (non-hydrogen) atoms. The molecule has 1 aliphatic carbocycles. The predicted molar refractivity (Wildman–Crippen MR) is 83.8 cm³/mol. The van der Waals surface area contributed by atoms with E-state index >= 15 is 0 Å². The molecule has 0 radical (unpaired) electrons. The summed E-state index contributed by atoms with van der Waals surface area (Å²) in [5.41, 5.74) is 1.36. The van der Waals surface area contributed by atoms with Gasteiger partial charge in [0.1, 0.15) is 6.61 Å². The van der Waals surface area contributed by atoms with Crippen LogP contribution in [0.3, 0.4) is 0 Å². The first-order valence-corrected chi connectivity index (χ1v) is 7.33. The van der Waals surface area contributed by atoms with Crippen LogP contribution in [0.2, 0.25) is 0 Å². The largest absolute Gasteiger partial charge is 0.445 e. The standard InChI is InChI=1S/C17H16N2O4/c20-16(23-12-13-4-2-1-3-5-13)18-17(10-11-17)14-6-8-15(9-7-14)19(21)22/h1-9H,10-12H2,(H,18,20). The fourth-order valence-corrected chi connectivity index (χ4v) is 2.47. The zero-order valence-electron chi connectivity index (χ0n) is 12.4. The zero-order chi connectivity index (χ0) is 16.3. The SMILES string of the molecule is O=C(NC1(c2ccc([N+](=O)[O-])cc2)CC1)OCc1ccccc1. The van der Waals surface area contributed by atoms with Crippen molar-refractivity contribution in [3.63, 3.8) is 0 Å². The second-order valence-corrected chi connectivity index (χ2v) is 5.57. The van der Waals surface area contributed by atoms with Crippen LogP contribution in [-0.2, 0) is 16.9 Å². The Labute approximate surface area is 133 Å². The van der Waals surface area contributed by atoms with Crippen LogP contribution in [0.25, 0.3) is 0 Å². The molecule has 1 saturated carbocycles. The third-order valence-electron chi connectivity index (χ3n) is 3.93. The number of hydrogen-bond donors (Lipinski definition) is 1. The molecular weight excluding hydrogens is 296 g/mol. The lowest BCUT2D eigenvalue weighted by Crippen LogP contribution is -2.35. The average Bonchev–Trinajstić information content (AvgIpc) is 3.35. The smallest absolute Gasteiger partial charge is 0.408 e. The van der Waals surface area contributed by atoms with E-state index in [-0.39, 0.29) is 12.3 Å². The Balaban J connectivity index is 1.60. The van der Waals surface area contributed by atoms with E-state index < -0.39 is 16.6 Å². The van der Waals surface area contributed by atoms with Crippen LogP contribution in [0.4, 0.5) is 10.5 Å². The topological polar surface area (TPSA) is 81.5 Å². The van der Waals surface area contributed by atoms with E-state index in [1.54, 1.807) is 12.1 Å². The molecule has 0 bridgehead atoms. The number of amides is 1. The third-order valence-corrected chi connectivity index (χ3v) is 3.93. The number of carbonyl (C=O) groups excluding carboxylic acids is 1. The Morgan fingerprint density at radius 2 is 1.78 bits per heavy atom. The van der Waals surface area contributed by atoms with Crippen molar-refractivity contribution in [3.05, 3.63) is 75.8 Å². The highest BCUT2D eigenvalue weighted by atomic mass is 16.6. The summed E-state index contributed by atoms with van der Waals surface area (Å²) in [6, 6.07) is 15.7. The van der Waals surface area contributed by atoms with Gasteiger partial charge in [-0.25, -0.2) is 4.79 Å². The second-order valence-electron chi connectivity index (χ2n) is 5.57. The molecule has 0 aromatic heterocycles. The van der Waals surface area contributed by atoms with Gasteiger partial charge in [-0.1, -0.05) is 30.3 Å². The summed E-state index contributed by atoms with van der Waals surface area (Å²) >= 11 is 0. The van der Waals surface area contributed by atoms with Gasteiger partial charge in [-0.05, 0) is 36.1 Å². The lowest BCUT2D eigenvalue weighted by molar-refractivity contribution is -0.384. The number of hydrogen-bond acceptors (Lipinski definition) is 4. The number of benzene rings is 2. The number of ether oxygens (including phenoxy) is 1. The maximum atomic E-state index is 12.0. The Morgan fingerprint density at radius 1 is 1.13 bits per heavy atom. The summed E-state index contributed by atoms with van der Waals surface area (Å²) < 4.78 is 5.23. The highest BCUT2D eigenvalue weighted by Gasteiger charge is 2.46. The predicted octanol–water partition coefficient (Wildman–Crippen LogP) is 3.51. The minimum atomic E-state index is -0.482. The Bertz CT molecular complexity index is 709. The van der Waals surface area contributed by atoms with Crippen LogP contribution in [0, 0.1) is 10.1 Å². The van der Waals surface area contributed by atoms with Gasteiger partial charge in [-0.2, -0.15) is 0 Å². The van der Waals surface area contributed by atoms with E-state index in [1.165, 1.54) is 12.1 Å².